The number of carbonyl (C=O) groups is 1. The number of carbonyl (C=O) groups excluding carboxylic acids is 1. The monoisotopic (exact) mass is 515 g/mol. The minimum Gasteiger partial charge on any atom is -0.524 e. The molecule has 0 bridgehead atoms. The maximum atomic E-state index is 11.4. The van der Waals surface area contributed by atoms with E-state index in [1.807, 2.05) is 13.0 Å². The summed E-state index contributed by atoms with van der Waals surface area (Å²) in [7, 11) is -2.50. The first-order valence-electron chi connectivity index (χ1n) is 9.35. The van der Waals surface area contributed by atoms with E-state index >= 15 is 0 Å². The van der Waals surface area contributed by atoms with Gasteiger partial charge in [0.1, 0.15) is 12.0 Å². The van der Waals surface area contributed by atoms with E-state index in [4.69, 9.17) is 9.47 Å². The molecular formula is C21H33NO6PY+2. The summed E-state index contributed by atoms with van der Waals surface area (Å²) in [6.07, 6.45) is 1.36. The minimum atomic E-state index is -4.15. The summed E-state index contributed by atoms with van der Waals surface area (Å²) in [5.74, 6) is 0.213. The van der Waals surface area contributed by atoms with Gasteiger partial charge in [0, 0.05) is 17.7 Å². The summed E-state index contributed by atoms with van der Waals surface area (Å²) in [4.78, 5) is 31.5. The molecule has 2 N–H and O–H groups in total. The molecule has 0 aliphatic rings. The van der Waals surface area contributed by atoms with E-state index in [0.29, 0.717) is 17.9 Å². The Morgan fingerprint density at radius 3 is 2.37 bits per heavy atom. The SMILES string of the molecule is C=C(C)C(=O)OC[CH-]COc1c(C)cc(C(C)(C)C)cc1CN(C)CP(=O)(O)O.[Y+3]. The molecule has 30 heavy (non-hydrogen) atoms. The summed E-state index contributed by atoms with van der Waals surface area (Å²) in [5.41, 5.74) is 3.15. The van der Waals surface area contributed by atoms with Crippen LogP contribution in [-0.4, -0.2) is 47.2 Å². The van der Waals surface area contributed by atoms with Crippen molar-refractivity contribution in [3.63, 3.8) is 0 Å². The molecule has 0 fully saturated rings. The Morgan fingerprint density at radius 2 is 1.87 bits per heavy atom. The van der Waals surface area contributed by atoms with Gasteiger partial charge in [-0.1, -0.05) is 39.5 Å². The zero-order valence-corrected chi connectivity index (χ0v) is 22.5. The van der Waals surface area contributed by atoms with Gasteiger partial charge in [0.05, 0.1) is 0 Å². The van der Waals surface area contributed by atoms with Gasteiger partial charge in [-0.25, -0.2) is 4.79 Å². The Morgan fingerprint density at radius 1 is 1.27 bits per heavy atom. The third kappa shape index (κ3) is 10.7. The second-order valence-corrected chi connectivity index (χ2v) is 9.94. The maximum Gasteiger partial charge on any atom is 3.00 e. The number of hydrogen-bond acceptors (Lipinski definition) is 5. The van der Waals surface area contributed by atoms with Gasteiger partial charge in [0.2, 0.25) is 0 Å². The van der Waals surface area contributed by atoms with Crippen LogP contribution in [0.25, 0.3) is 0 Å². The van der Waals surface area contributed by atoms with E-state index < -0.39 is 13.6 Å². The van der Waals surface area contributed by atoms with Gasteiger partial charge in [-0.2, -0.15) is 0 Å². The fraction of sp³-hybridized carbons (Fsp3) is 0.524. The summed E-state index contributed by atoms with van der Waals surface area (Å²) in [6, 6.07) is 4.07. The second-order valence-electron chi connectivity index (χ2n) is 8.33. The van der Waals surface area contributed by atoms with Crippen LogP contribution in [0.15, 0.2) is 24.3 Å². The zero-order valence-electron chi connectivity index (χ0n) is 18.8. The molecule has 1 aromatic rings. The van der Waals surface area contributed by atoms with Crippen LogP contribution < -0.4 is 4.74 Å². The molecule has 0 spiro atoms. The van der Waals surface area contributed by atoms with Crippen LogP contribution in [0, 0.1) is 13.3 Å². The van der Waals surface area contributed by atoms with E-state index in [1.54, 1.807) is 25.3 Å². The Bertz CT molecular complexity index is 784. The molecule has 0 aromatic heterocycles. The molecule has 0 aliphatic carbocycles. The van der Waals surface area contributed by atoms with Crippen LogP contribution >= 0.6 is 7.60 Å². The minimum absolute atomic E-state index is 0. The van der Waals surface area contributed by atoms with Crippen LogP contribution in [-0.2, 0) is 58.8 Å². The molecular weight excluding hydrogens is 482 g/mol. The molecule has 0 amide bonds. The number of ether oxygens (including phenoxy) is 2. The van der Waals surface area contributed by atoms with Crippen molar-refractivity contribution in [3.8, 4) is 5.75 Å². The summed E-state index contributed by atoms with van der Waals surface area (Å²) in [5, 5.41) is 0. The number of nitrogens with zero attached hydrogens (tertiary/aromatic N) is 1. The molecule has 0 atom stereocenters. The van der Waals surface area contributed by atoms with Gasteiger partial charge in [0.25, 0.3) is 0 Å². The van der Waals surface area contributed by atoms with Crippen LogP contribution in [0.4, 0.5) is 0 Å². The van der Waals surface area contributed by atoms with Gasteiger partial charge in [-0.3, -0.25) is 15.9 Å². The van der Waals surface area contributed by atoms with Crippen LogP contribution in [0.1, 0.15) is 44.4 Å². The molecule has 0 unspecified atom stereocenters. The zero-order chi connectivity index (χ0) is 22.4. The molecule has 0 saturated heterocycles. The van der Waals surface area contributed by atoms with E-state index in [-0.39, 0.29) is 57.6 Å². The number of aryl methyl sites for hydroxylation is 1. The molecule has 1 aromatic carbocycles. The van der Waals surface area contributed by atoms with E-state index in [0.717, 1.165) is 16.7 Å². The fourth-order valence-corrected chi connectivity index (χ4v) is 3.44. The average Bonchev–Trinajstić information content (AvgIpc) is 2.53. The van der Waals surface area contributed by atoms with Gasteiger partial charge in [0.15, 0.2) is 0 Å². The van der Waals surface area contributed by atoms with Crippen molar-refractivity contribution >= 4 is 13.6 Å². The van der Waals surface area contributed by atoms with Crippen molar-refractivity contribution in [3.05, 3.63) is 47.4 Å². The molecule has 1 rings (SSSR count). The summed E-state index contributed by atoms with van der Waals surface area (Å²) < 4.78 is 22.3. The summed E-state index contributed by atoms with van der Waals surface area (Å²) >= 11 is 0. The number of benzene rings is 1. The molecule has 0 radical (unpaired) electrons. The van der Waals surface area contributed by atoms with E-state index in [1.165, 1.54) is 0 Å². The second kappa shape index (κ2) is 12.5. The molecule has 0 saturated carbocycles. The third-order valence-corrected chi connectivity index (χ3v) is 4.96. The number of rotatable bonds is 10. The predicted molar refractivity (Wildman–Crippen MR) is 114 cm³/mol. The van der Waals surface area contributed by atoms with Gasteiger partial charge in [-0.15, -0.1) is 0 Å². The van der Waals surface area contributed by atoms with Crippen molar-refractivity contribution in [2.75, 3.05) is 26.5 Å². The van der Waals surface area contributed by atoms with E-state index in [2.05, 4.69) is 33.4 Å². The first-order chi connectivity index (χ1) is 13.2. The van der Waals surface area contributed by atoms with Crippen LogP contribution in [0.5, 0.6) is 5.75 Å². The van der Waals surface area contributed by atoms with Gasteiger partial charge in [-0.05, 0) is 50.7 Å². The fourth-order valence-electron chi connectivity index (χ4n) is 2.71. The Balaban J connectivity index is 0.00000841. The van der Waals surface area contributed by atoms with Crippen LogP contribution in [0.3, 0.4) is 0 Å². The standard InChI is InChI=1S/C21H33NO6P.Y/c1-15(2)20(23)28-10-8-9-27-19-16(3)11-18(21(4,5)6)12-17(19)13-22(7)14-29(24,25)26;/h8,11-12H,1,9-10,13-14H2,2-7H3,(H2,24,25,26);/q-1;+3. The van der Waals surface area contributed by atoms with Crippen molar-refractivity contribution in [1.29, 1.82) is 0 Å². The normalized spacial score (nSPS) is 11.8. The first-order valence-corrected chi connectivity index (χ1v) is 11.1. The Labute approximate surface area is 205 Å². The van der Waals surface area contributed by atoms with Crippen molar-refractivity contribution in [2.24, 2.45) is 0 Å². The predicted octanol–water partition coefficient (Wildman–Crippen LogP) is 3.56. The molecule has 164 valence electrons. The van der Waals surface area contributed by atoms with Crippen molar-refractivity contribution in [1.82, 2.24) is 4.90 Å². The quantitative estimate of drug-likeness (QED) is 0.162. The Kier molecular flexibility index (Phi) is 12.2. The van der Waals surface area contributed by atoms with Gasteiger partial charge < -0.3 is 19.3 Å². The third-order valence-electron chi connectivity index (χ3n) is 4.11. The van der Waals surface area contributed by atoms with Crippen molar-refractivity contribution < 1.29 is 61.3 Å². The summed E-state index contributed by atoms with van der Waals surface area (Å²) in [6.45, 7) is 14.0. The number of esters is 1. The van der Waals surface area contributed by atoms with E-state index in [9.17, 15) is 19.1 Å². The molecule has 0 heterocycles. The van der Waals surface area contributed by atoms with Gasteiger partial charge >= 0.3 is 46.3 Å². The largest absolute Gasteiger partial charge is 3.00 e. The Hall–Kier alpha value is -0.556. The number of hydrogen-bond donors (Lipinski definition) is 2. The smallest absolute Gasteiger partial charge is 0.524 e. The first kappa shape index (κ1) is 29.4. The van der Waals surface area contributed by atoms with Crippen molar-refractivity contribution in [2.45, 2.75) is 46.6 Å². The molecule has 0 aliphatic heterocycles. The maximum absolute atomic E-state index is 11.4. The average molecular weight is 515 g/mol. The topological polar surface area (TPSA) is 96.3 Å². The molecule has 7 nitrogen and oxygen atoms in total. The molecule has 9 heteroatoms. The van der Waals surface area contributed by atoms with Crippen LogP contribution in [0.2, 0.25) is 0 Å².